The van der Waals surface area contributed by atoms with E-state index in [0.29, 0.717) is 35.3 Å². The van der Waals surface area contributed by atoms with Crippen LogP contribution in [0.3, 0.4) is 0 Å². The molecule has 5 N–H and O–H groups in total. The highest BCUT2D eigenvalue weighted by Gasteiger charge is 2.35. The van der Waals surface area contributed by atoms with Crippen LogP contribution >= 0.6 is 11.6 Å². The van der Waals surface area contributed by atoms with E-state index in [-0.39, 0.29) is 18.4 Å². The molecule has 0 aromatic carbocycles. The minimum atomic E-state index is -0.594. The number of hydrogen-bond acceptors (Lipinski definition) is 6. The summed E-state index contributed by atoms with van der Waals surface area (Å²) in [4.78, 5) is 19.8. The number of aliphatic hydroxyl groups excluding tert-OH is 1. The highest BCUT2D eigenvalue weighted by Crippen LogP contribution is 2.34. The number of nitrogens with two attached hydrogens (primary N) is 2. The molecule has 1 fully saturated rings. The van der Waals surface area contributed by atoms with Crippen LogP contribution in [0.5, 0.6) is 0 Å². The molecule has 2 aromatic heterocycles. The zero-order chi connectivity index (χ0) is 16.6. The van der Waals surface area contributed by atoms with E-state index in [4.69, 9.17) is 23.1 Å². The highest BCUT2D eigenvalue weighted by atomic mass is 35.5. The van der Waals surface area contributed by atoms with Crippen molar-refractivity contribution >= 4 is 17.5 Å². The van der Waals surface area contributed by atoms with Crippen molar-refractivity contribution in [2.24, 2.45) is 11.5 Å². The zero-order valence-electron chi connectivity index (χ0n) is 12.3. The number of nitrogens with zero attached hydrogens (tertiary/aromatic N) is 4. The predicted molar refractivity (Wildman–Crippen MR) is 83.0 cm³/mol. The van der Waals surface area contributed by atoms with Crippen molar-refractivity contribution in [3.8, 4) is 5.82 Å². The Labute approximate surface area is 137 Å². The molecule has 23 heavy (non-hydrogen) atoms. The van der Waals surface area contributed by atoms with Gasteiger partial charge in [-0.25, -0.2) is 9.97 Å². The maximum absolute atomic E-state index is 11.1. The minimum absolute atomic E-state index is 0.0776. The topological polar surface area (TPSA) is 133 Å². The molecule has 3 rings (SSSR count). The molecule has 0 unspecified atom stereocenters. The van der Waals surface area contributed by atoms with Crippen molar-refractivity contribution in [1.29, 1.82) is 0 Å². The van der Waals surface area contributed by atoms with Crippen molar-refractivity contribution in [3.05, 3.63) is 35.0 Å². The van der Waals surface area contributed by atoms with Gasteiger partial charge in [-0.1, -0.05) is 11.6 Å². The number of aliphatic hydroxyl groups is 1. The molecule has 0 spiro atoms. The van der Waals surface area contributed by atoms with E-state index in [2.05, 4.69) is 15.1 Å². The largest absolute Gasteiger partial charge is 0.391 e. The molecule has 0 radical (unpaired) electrons. The molecule has 0 bridgehead atoms. The van der Waals surface area contributed by atoms with Crippen molar-refractivity contribution < 1.29 is 9.90 Å². The van der Waals surface area contributed by atoms with Gasteiger partial charge >= 0.3 is 0 Å². The molecular formula is C14H17ClN6O2. The molecule has 3 atom stereocenters. The molecule has 9 heteroatoms. The van der Waals surface area contributed by atoms with Crippen LogP contribution < -0.4 is 11.5 Å². The third-order valence-corrected chi connectivity index (χ3v) is 4.19. The molecule has 2 heterocycles. The van der Waals surface area contributed by atoms with Crippen LogP contribution in [-0.4, -0.2) is 42.9 Å². The van der Waals surface area contributed by atoms with E-state index in [1.165, 1.54) is 4.68 Å². The number of hydrogen-bond donors (Lipinski definition) is 3. The average molecular weight is 337 g/mol. The molecule has 8 nitrogen and oxygen atoms in total. The number of carbonyl (C=O) groups is 1. The Morgan fingerprint density at radius 2 is 2.26 bits per heavy atom. The summed E-state index contributed by atoms with van der Waals surface area (Å²) in [6.07, 6.45) is 1.96. The van der Waals surface area contributed by atoms with Gasteiger partial charge < -0.3 is 16.6 Å². The first-order chi connectivity index (χ1) is 11.0. The van der Waals surface area contributed by atoms with Crippen molar-refractivity contribution in [2.75, 3.05) is 0 Å². The summed E-state index contributed by atoms with van der Waals surface area (Å²) in [6.45, 7) is 0. The molecule has 2 aromatic rings. The number of primary amides is 1. The third kappa shape index (κ3) is 3.19. The normalized spacial score (nSPS) is 24.0. The lowest BCUT2D eigenvalue weighted by atomic mass is 10.1. The first-order valence-corrected chi connectivity index (χ1v) is 7.62. The maximum atomic E-state index is 11.1. The molecule has 122 valence electrons. The fourth-order valence-electron chi connectivity index (χ4n) is 2.81. The smallest absolute Gasteiger partial charge is 0.225 e. The predicted octanol–water partition coefficient (Wildman–Crippen LogP) is -0.0909. The van der Waals surface area contributed by atoms with Crippen LogP contribution in [0, 0.1) is 0 Å². The minimum Gasteiger partial charge on any atom is -0.391 e. The fraction of sp³-hybridized carbons (Fsp3) is 0.429. The number of pyridine rings is 1. The van der Waals surface area contributed by atoms with Crippen LogP contribution in [0.4, 0.5) is 0 Å². The van der Waals surface area contributed by atoms with E-state index in [1.807, 2.05) is 0 Å². The first kappa shape index (κ1) is 15.9. The Kier molecular flexibility index (Phi) is 4.29. The molecule has 0 saturated heterocycles. The summed E-state index contributed by atoms with van der Waals surface area (Å²) in [6, 6.07) is 3.09. The van der Waals surface area contributed by atoms with Crippen LogP contribution in [0.15, 0.2) is 18.3 Å². The number of aromatic nitrogens is 4. The number of rotatable bonds is 4. The monoisotopic (exact) mass is 336 g/mol. The van der Waals surface area contributed by atoms with Gasteiger partial charge in [0.05, 0.1) is 17.5 Å². The van der Waals surface area contributed by atoms with Gasteiger partial charge in [0.25, 0.3) is 0 Å². The van der Waals surface area contributed by atoms with E-state index >= 15 is 0 Å². The van der Waals surface area contributed by atoms with Gasteiger partial charge in [0.1, 0.15) is 5.82 Å². The summed E-state index contributed by atoms with van der Waals surface area (Å²) in [5, 5.41) is 14.6. The second-order valence-corrected chi connectivity index (χ2v) is 6.06. The van der Waals surface area contributed by atoms with Crippen molar-refractivity contribution in [2.45, 2.75) is 37.3 Å². The molecule has 1 aliphatic carbocycles. The quantitative estimate of drug-likeness (QED) is 0.714. The Hall–Kier alpha value is -2.03. The molecule has 0 aliphatic heterocycles. The number of amides is 1. The lowest BCUT2D eigenvalue weighted by Crippen LogP contribution is -2.28. The summed E-state index contributed by atoms with van der Waals surface area (Å²) >= 11 is 6.19. The van der Waals surface area contributed by atoms with E-state index in [0.717, 1.165) is 0 Å². The summed E-state index contributed by atoms with van der Waals surface area (Å²) in [5.74, 6) is 0.677. The Bertz CT molecular complexity index is 724. The van der Waals surface area contributed by atoms with Gasteiger partial charge in [0.2, 0.25) is 5.91 Å². The number of halogens is 1. The Balaban J connectivity index is 2.05. The van der Waals surface area contributed by atoms with Gasteiger partial charge in [-0.3, -0.25) is 4.79 Å². The third-order valence-electron chi connectivity index (χ3n) is 3.89. The van der Waals surface area contributed by atoms with Gasteiger partial charge in [0, 0.05) is 18.2 Å². The van der Waals surface area contributed by atoms with Crippen molar-refractivity contribution in [3.63, 3.8) is 0 Å². The lowest BCUT2D eigenvalue weighted by Gasteiger charge is -2.11. The summed E-state index contributed by atoms with van der Waals surface area (Å²) < 4.78 is 1.51. The van der Waals surface area contributed by atoms with Crippen molar-refractivity contribution in [1.82, 2.24) is 19.7 Å². The molecule has 1 amide bonds. The van der Waals surface area contributed by atoms with Gasteiger partial charge in [0.15, 0.2) is 11.6 Å². The zero-order valence-corrected chi connectivity index (χ0v) is 13.0. The summed E-state index contributed by atoms with van der Waals surface area (Å²) in [5.41, 5.74) is 11.1. The first-order valence-electron chi connectivity index (χ1n) is 7.24. The van der Waals surface area contributed by atoms with Crippen LogP contribution in [0.2, 0.25) is 5.02 Å². The standard InChI is InChI=1S/C14H17ClN6O2/c15-8-2-1-3-18-14(8)21-13(7-4-9(16)10(22)5-7)19-12(20-21)6-11(17)23/h1-3,7,9-10,22H,4-6,16H2,(H2,17,23)/t7-,9+,10+/m0/s1. The van der Waals surface area contributed by atoms with Gasteiger partial charge in [-0.15, -0.1) is 5.10 Å². The second kappa shape index (κ2) is 6.23. The maximum Gasteiger partial charge on any atom is 0.225 e. The van der Waals surface area contributed by atoms with E-state index < -0.39 is 12.0 Å². The SMILES string of the molecule is NC(=O)Cc1nc([C@H]2C[C@@H](N)[C@H](O)C2)n(-c2ncccc2Cl)n1. The van der Waals surface area contributed by atoms with E-state index in [9.17, 15) is 9.90 Å². The van der Waals surface area contributed by atoms with Crippen LogP contribution in [0.1, 0.15) is 30.4 Å². The van der Waals surface area contributed by atoms with Crippen LogP contribution in [0.25, 0.3) is 5.82 Å². The molecular weight excluding hydrogens is 320 g/mol. The van der Waals surface area contributed by atoms with Gasteiger partial charge in [-0.05, 0) is 25.0 Å². The Morgan fingerprint density at radius 1 is 1.48 bits per heavy atom. The highest BCUT2D eigenvalue weighted by molar-refractivity contribution is 6.32. The van der Waals surface area contributed by atoms with Gasteiger partial charge in [-0.2, -0.15) is 4.68 Å². The molecule has 1 aliphatic rings. The molecule has 1 saturated carbocycles. The summed E-state index contributed by atoms with van der Waals surface area (Å²) in [7, 11) is 0. The number of carbonyl (C=O) groups excluding carboxylic acids is 1. The lowest BCUT2D eigenvalue weighted by molar-refractivity contribution is -0.117. The Morgan fingerprint density at radius 3 is 2.87 bits per heavy atom. The fourth-order valence-corrected chi connectivity index (χ4v) is 3.01. The van der Waals surface area contributed by atoms with E-state index in [1.54, 1.807) is 18.3 Å². The second-order valence-electron chi connectivity index (χ2n) is 5.65. The van der Waals surface area contributed by atoms with Crippen LogP contribution in [-0.2, 0) is 11.2 Å². The average Bonchev–Trinajstić information content (AvgIpc) is 3.03.